The highest BCUT2D eigenvalue weighted by atomic mass is 32.2. The molecule has 0 aromatic carbocycles. The highest BCUT2D eigenvalue weighted by molar-refractivity contribution is 7.99. The molecule has 138 valence electrons. The van der Waals surface area contributed by atoms with Gasteiger partial charge in [-0.25, -0.2) is 0 Å². The van der Waals surface area contributed by atoms with E-state index in [1.54, 1.807) is 0 Å². The molecule has 1 saturated carbocycles. The summed E-state index contributed by atoms with van der Waals surface area (Å²) in [5.41, 5.74) is 0. The molecule has 6 heteroatoms. The van der Waals surface area contributed by atoms with E-state index >= 15 is 0 Å². The highest BCUT2D eigenvalue weighted by Crippen LogP contribution is 2.24. The van der Waals surface area contributed by atoms with Crippen molar-refractivity contribution < 1.29 is 4.79 Å². The number of nitrogens with one attached hydrogen (secondary N) is 3. The van der Waals surface area contributed by atoms with Crippen molar-refractivity contribution in [2.45, 2.75) is 56.5 Å². The van der Waals surface area contributed by atoms with Gasteiger partial charge in [0.05, 0.1) is 11.5 Å². The van der Waals surface area contributed by atoms with Crippen LogP contribution in [0.1, 0.15) is 44.9 Å². The molecule has 0 radical (unpaired) electrons. The number of thioether (sulfide) groups is 1. The smallest absolute Gasteiger partial charge is 0.223 e. The minimum atomic E-state index is 0.220. The first-order valence-corrected chi connectivity index (χ1v) is 11.1. The van der Waals surface area contributed by atoms with Crippen LogP contribution in [0.25, 0.3) is 0 Å². The van der Waals surface area contributed by atoms with Crippen molar-refractivity contribution in [3.63, 3.8) is 0 Å². The summed E-state index contributed by atoms with van der Waals surface area (Å²) < 4.78 is 0. The van der Waals surface area contributed by atoms with Crippen LogP contribution in [0.4, 0.5) is 0 Å². The number of hydrogen-bond donors (Lipinski definition) is 3. The molecule has 1 amide bonds. The van der Waals surface area contributed by atoms with Crippen LogP contribution in [-0.4, -0.2) is 61.3 Å². The summed E-state index contributed by atoms with van der Waals surface area (Å²) in [5.74, 6) is 1.25. The zero-order valence-corrected chi connectivity index (χ0v) is 15.9. The maximum Gasteiger partial charge on any atom is 0.223 e. The van der Waals surface area contributed by atoms with Crippen molar-refractivity contribution in [3.8, 4) is 0 Å². The Kier molecular flexibility index (Phi) is 7.25. The van der Waals surface area contributed by atoms with Gasteiger partial charge in [0.15, 0.2) is 0 Å². The lowest BCUT2D eigenvalue weighted by molar-refractivity contribution is -0.127. The first kappa shape index (κ1) is 18.5. The van der Waals surface area contributed by atoms with Crippen LogP contribution in [0, 0.1) is 11.8 Å². The van der Waals surface area contributed by atoms with Gasteiger partial charge in [-0.3, -0.25) is 15.0 Å². The largest absolute Gasteiger partial charge is 0.356 e. The normalized spacial score (nSPS) is 31.0. The molecule has 0 spiro atoms. The maximum atomic E-state index is 12.5. The molecule has 2 unspecified atom stereocenters. The van der Waals surface area contributed by atoms with Crippen molar-refractivity contribution in [1.82, 2.24) is 20.9 Å². The van der Waals surface area contributed by atoms with E-state index in [9.17, 15) is 4.79 Å². The molecule has 1 aliphatic carbocycles. The fraction of sp³-hybridized carbons (Fsp3) is 0.944. The second kappa shape index (κ2) is 9.41. The zero-order valence-electron chi connectivity index (χ0n) is 15.1. The SMILES string of the molecule is CSC1CNCC(N2CCC(C(=O)NCC3CCCCC3)CC2)N1. The van der Waals surface area contributed by atoms with Crippen molar-refractivity contribution in [2.75, 3.05) is 39.0 Å². The number of piperazine rings is 1. The Morgan fingerprint density at radius 1 is 1.12 bits per heavy atom. The lowest BCUT2D eigenvalue weighted by atomic mass is 9.89. The average Bonchev–Trinajstić information content (AvgIpc) is 2.67. The van der Waals surface area contributed by atoms with Crippen LogP contribution in [-0.2, 0) is 4.79 Å². The van der Waals surface area contributed by atoms with Gasteiger partial charge in [0.25, 0.3) is 0 Å². The molecular formula is C18H34N4OS. The molecule has 2 aliphatic heterocycles. The lowest BCUT2D eigenvalue weighted by Crippen LogP contribution is -2.62. The fourth-order valence-corrected chi connectivity index (χ4v) is 4.90. The van der Waals surface area contributed by atoms with Gasteiger partial charge in [-0.05, 0) is 37.9 Å². The van der Waals surface area contributed by atoms with Gasteiger partial charge in [-0.1, -0.05) is 19.3 Å². The van der Waals surface area contributed by atoms with Crippen LogP contribution in [0.5, 0.6) is 0 Å². The summed E-state index contributed by atoms with van der Waals surface area (Å²) in [5, 5.41) is 11.0. The first-order valence-electron chi connectivity index (χ1n) is 9.77. The Labute approximate surface area is 151 Å². The number of nitrogens with zero attached hydrogens (tertiary/aromatic N) is 1. The summed E-state index contributed by atoms with van der Waals surface area (Å²) in [6, 6.07) is 0. The fourth-order valence-electron chi connectivity index (χ4n) is 4.32. The minimum Gasteiger partial charge on any atom is -0.356 e. The van der Waals surface area contributed by atoms with E-state index in [2.05, 4.69) is 27.1 Å². The minimum absolute atomic E-state index is 0.220. The summed E-state index contributed by atoms with van der Waals surface area (Å²) in [7, 11) is 0. The molecule has 2 saturated heterocycles. The molecule has 2 atom stereocenters. The molecule has 3 rings (SSSR count). The molecule has 0 bridgehead atoms. The van der Waals surface area contributed by atoms with Crippen molar-refractivity contribution in [1.29, 1.82) is 0 Å². The van der Waals surface area contributed by atoms with Crippen LogP contribution in [0.2, 0.25) is 0 Å². The Hall–Kier alpha value is -0.300. The third-order valence-electron chi connectivity index (χ3n) is 5.96. The molecule has 3 N–H and O–H groups in total. The van der Waals surface area contributed by atoms with Gasteiger partial charge < -0.3 is 10.6 Å². The first-order chi connectivity index (χ1) is 11.8. The summed E-state index contributed by atoms with van der Waals surface area (Å²) >= 11 is 1.87. The Bertz CT molecular complexity index is 394. The molecule has 2 heterocycles. The third kappa shape index (κ3) is 5.10. The zero-order chi connectivity index (χ0) is 16.8. The van der Waals surface area contributed by atoms with E-state index in [0.29, 0.717) is 17.4 Å². The van der Waals surface area contributed by atoms with E-state index in [-0.39, 0.29) is 5.92 Å². The van der Waals surface area contributed by atoms with E-state index < -0.39 is 0 Å². The van der Waals surface area contributed by atoms with Gasteiger partial charge in [-0.15, -0.1) is 11.8 Å². The van der Waals surface area contributed by atoms with Gasteiger partial charge in [0.2, 0.25) is 5.91 Å². The molecule has 3 fully saturated rings. The molecule has 0 aromatic heterocycles. The predicted octanol–water partition coefficient (Wildman–Crippen LogP) is 1.60. The molecular weight excluding hydrogens is 320 g/mol. The quantitative estimate of drug-likeness (QED) is 0.700. The highest BCUT2D eigenvalue weighted by Gasteiger charge is 2.31. The standard InChI is InChI=1S/C18H34N4OS/c1-24-17-13-19-12-16(21-17)22-9-7-15(8-10-22)18(23)20-11-14-5-3-2-4-6-14/h14-17,19,21H,2-13H2,1H3,(H,20,23). The number of carbonyl (C=O) groups excluding carboxylic acids is 1. The number of piperidine rings is 1. The number of carbonyl (C=O) groups is 1. The Morgan fingerprint density at radius 3 is 2.58 bits per heavy atom. The summed E-state index contributed by atoms with van der Waals surface area (Å²) in [6.45, 7) is 5.01. The van der Waals surface area contributed by atoms with Gasteiger partial charge in [-0.2, -0.15) is 0 Å². The van der Waals surface area contributed by atoms with E-state index in [1.165, 1.54) is 32.1 Å². The van der Waals surface area contributed by atoms with E-state index in [4.69, 9.17) is 0 Å². The number of amides is 1. The lowest BCUT2D eigenvalue weighted by Gasteiger charge is -2.41. The van der Waals surface area contributed by atoms with Crippen LogP contribution >= 0.6 is 11.8 Å². The summed E-state index contributed by atoms with van der Waals surface area (Å²) in [4.78, 5) is 15.0. The van der Waals surface area contributed by atoms with E-state index in [0.717, 1.165) is 51.5 Å². The van der Waals surface area contributed by atoms with Crippen LogP contribution < -0.4 is 16.0 Å². The van der Waals surface area contributed by atoms with Crippen molar-refractivity contribution in [2.24, 2.45) is 11.8 Å². The Morgan fingerprint density at radius 2 is 1.88 bits per heavy atom. The molecule has 5 nitrogen and oxygen atoms in total. The van der Waals surface area contributed by atoms with Gasteiger partial charge >= 0.3 is 0 Å². The van der Waals surface area contributed by atoms with Crippen LogP contribution in [0.3, 0.4) is 0 Å². The van der Waals surface area contributed by atoms with Crippen LogP contribution in [0.15, 0.2) is 0 Å². The topological polar surface area (TPSA) is 56.4 Å². The second-order valence-electron chi connectivity index (χ2n) is 7.62. The molecule has 0 aromatic rings. The monoisotopic (exact) mass is 354 g/mol. The maximum absolute atomic E-state index is 12.5. The number of rotatable bonds is 5. The number of hydrogen-bond acceptors (Lipinski definition) is 5. The summed E-state index contributed by atoms with van der Waals surface area (Å²) in [6.07, 6.45) is 11.2. The average molecular weight is 355 g/mol. The molecule has 3 aliphatic rings. The molecule has 24 heavy (non-hydrogen) atoms. The van der Waals surface area contributed by atoms with Gasteiger partial charge in [0.1, 0.15) is 0 Å². The van der Waals surface area contributed by atoms with Gasteiger partial charge in [0, 0.05) is 38.6 Å². The van der Waals surface area contributed by atoms with E-state index in [1.807, 2.05) is 11.8 Å². The number of likely N-dealkylation sites (tertiary alicyclic amines) is 1. The van der Waals surface area contributed by atoms with Crippen molar-refractivity contribution in [3.05, 3.63) is 0 Å². The van der Waals surface area contributed by atoms with Crippen molar-refractivity contribution >= 4 is 17.7 Å². The second-order valence-corrected chi connectivity index (χ2v) is 8.66. The predicted molar refractivity (Wildman–Crippen MR) is 101 cm³/mol. The third-order valence-corrected chi connectivity index (χ3v) is 6.83. The Balaban J connectivity index is 1.37.